The van der Waals surface area contributed by atoms with E-state index in [9.17, 15) is 9.59 Å². The number of hydrogen-bond donors (Lipinski definition) is 0. The van der Waals surface area contributed by atoms with Crippen LogP contribution in [0.25, 0.3) is 11.0 Å². The molecule has 4 aromatic rings. The van der Waals surface area contributed by atoms with Gasteiger partial charge in [-0.15, -0.1) is 0 Å². The van der Waals surface area contributed by atoms with Crippen LogP contribution in [-0.4, -0.2) is 17.9 Å². The Balaban J connectivity index is 1.73. The molecule has 1 heterocycles. The number of carbonyl (C=O) groups excluding carboxylic acids is 1. The normalized spacial score (nSPS) is 10.7. The van der Waals surface area contributed by atoms with Crippen LogP contribution < -0.4 is 10.4 Å². The lowest BCUT2D eigenvalue weighted by atomic mass is 10.1. The second-order valence-corrected chi connectivity index (χ2v) is 6.96. The van der Waals surface area contributed by atoms with Crippen LogP contribution in [0.15, 0.2) is 94.1 Å². The first-order chi connectivity index (χ1) is 14.7. The number of amides is 1. The highest BCUT2D eigenvalue weighted by Gasteiger charge is 2.22. The third kappa shape index (κ3) is 4.10. The van der Waals surface area contributed by atoms with Crippen molar-refractivity contribution in [3.8, 4) is 5.75 Å². The average molecular weight is 399 g/mol. The molecule has 150 valence electrons. The summed E-state index contributed by atoms with van der Waals surface area (Å²) in [4.78, 5) is 27.7. The van der Waals surface area contributed by atoms with E-state index in [0.29, 0.717) is 29.8 Å². The smallest absolute Gasteiger partial charge is 0.349 e. The van der Waals surface area contributed by atoms with E-state index in [1.54, 1.807) is 29.2 Å². The predicted octanol–water partition coefficient (Wildman–Crippen LogP) is 4.64. The van der Waals surface area contributed by atoms with Gasteiger partial charge in [-0.05, 0) is 23.3 Å². The summed E-state index contributed by atoms with van der Waals surface area (Å²) in [5.41, 5.74) is 1.62. The van der Waals surface area contributed by atoms with Crippen molar-refractivity contribution < 1.29 is 13.9 Å². The SMILES string of the molecule is COc1cccc2cc(C(=O)N(Cc3ccccc3)Cc3ccccc3)c(=O)oc12. The van der Waals surface area contributed by atoms with Crippen molar-refractivity contribution in [2.45, 2.75) is 13.1 Å². The molecule has 5 heteroatoms. The first kappa shape index (κ1) is 19.5. The summed E-state index contributed by atoms with van der Waals surface area (Å²) >= 11 is 0. The Morgan fingerprint density at radius 2 is 1.47 bits per heavy atom. The van der Waals surface area contributed by atoms with E-state index < -0.39 is 5.63 Å². The van der Waals surface area contributed by atoms with E-state index in [1.165, 1.54) is 7.11 Å². The van der Waals surface area contributed by atoms with Crippen LogP contribution in [-0.2, 0) is 13.1 Å². The van der Waals surface area contributed by atoms with Crippen molar-refractivity contribution in [2.75, 3.05) is 7.11 Å². The number of ether oxygens (including phenoxy) is 1. The molecule has 0 aliphatic carbocycles. The molecule has 1 aromatic heterocycles. The van der Waals surface area contributed by atoms with Gasteiger partial charge in [0.15, 0.2) is 11.3 Å². The van der Waals surface area contributed by atoms with Gasteiger partial charge in [-0.1, -0.05) is 72.8 Å². The fourth-order valence-corrected chi connectivity index (χ4v) is 3.41. The quantitative estimate of drug-likeness (QED) is 0.443. The molecule has 0 radical (unpaired) electrons. The van der Waals surface area contributed by atoms with Crippen LogP contribution in [0.5, 0.6) is 5.75 Å². The maximum absolute atomic E-state index is 13.4. The van der Waals surface area contributed by atoms with Crippen LogP contribution in [0.3, 0.4) is 0 Å². The zero-order valence-electron chi connectivity index (χ0n) is 16.6. The Labute approximate surface area is 174 Å². The van der Waals surface area contributed by atoms with Gasteiger partial charge in [0.05, 0.1) is 7.11 Å². The molecule has 0 fully saturated rings. The molecule has 1 amide bonds. The molecule has 0 aliphatic heterocycles. The Bertz CT molecular complexity index is 1170. The molecule has 5 nitrogen and oxygen atoms in total. The summed E-state index contributed by atoms with van der Waals surface area (Å²) in [6, 6.07) is 26.3. The maximum Gasteiger partial charge on any atom is 0.349 e. The number of para-hydroxylation sites is 1. The van der Waals surface area contributed by atoms with Crippen molar-refractivity contribution in [3.63, 3.8) is 0 Å². The van der Waals surface area contributed by atoms with Crippen molar-refractivity contribution >= 4 is 16.9 Å². The number of fused-ring (bicyclic) bond motifs is 1. The van der Waals surface area contributed by atoms with Gasteiger partial charge in [0, 0.05) is 18.5 Å². The Hall–Kier alpha value is -3.86. The standard InChI is InChI=1S/C25H21NO4/c1-29-22-14-8-13-20-15-21(25(28)30-23(20)22)24(27)26(16-18-9-4-2-5-10-18)17-19-11-6-3-7-12-19/h2-15H,16-17H2,1H3. The predicted molar refractivity (Wildman–Crippen MR) is 115 cm³/mol. The topological polar surface area (TPSA) is 59.8 Å². The number of nitrogens with zero attached hydrogens (tertiary/aromatic N) is 1. The van der Waals surface area contributed by atoms with Crippen molar-refractivity contribution in [2.24, 2.45) is 0 Å². The Morgan fingerprint density at radius 1 is 0.867 bits per heavy atom. The van der Waals surface area contributed by atoms with E-state index in [2.05, 4.69) is 0 Å². The third-order valence-corrected chi connectivity index (χ3v) is 4.89. The maximum atomic E-state index is 13.4. The minimum atomic E-state index is -0.678. The molecule has 0 spiro atoms. The van der Waals surface area contributed by atoms with Gasteiger partial charge in [-0.2, -0.15) is 0 Å². The largest absolute Gasteiger partial charge is 0.493 e. The zero-order valence-corrected chi connectivity index (χ0v) is 16.6. The molecule has 0 N–H and O–H groups in total. The molecule has 0 bridgehead atoms. The van der Waals surface area contributed by atoms with Gasteiger partial charge < -0.3 is 14.1 Å². The number of hydrogen-bond acceptors (Lipinski definition) is 4. The van der Waals surface area contributed by atoms with Gasteiger partial charge in [0.1, 0.15) is 5.56 Å². The monoisotopic (exact) mass is 399 g/mol. The van der Waals surface area contributed by atoms with E-state index in [4.69, 9.17) is 9.15 Å². The molecule has 0 atom stereocenters. The van der Waals surface area contributed by atoms with Crippen LogP contribution in [0.1, 0.15) is 21.5 Å². The number of benzene rings is 3. The van der Waals surface area contributed by atoms with Crippen LogP contribution in [0.4, 0.5) is 0 Å². The summed E-state index contributed by atoms with van der Waals surface area (Å²) < 4.78 is 10.7. The van der Waals surface area contributed by atoms with Gasteiger partial charge >= 0.3 is 5.63 Å². The van der Waals surface area contributed by atoms with Gasteiger partial charge in [-0.25, -0.2) is 4.79 Å². The van der Waals surface area contributed by atoms with Crippen molar-refractivity contribution in [1.82, 2.24) is 4.90 Å². The highest BCUT2D eigenvalue weighted by molar-refractivity contribution is 5.97. The first-order valence-electron chi connectivity index (χ1n) is 9.63. The summed E-state index contributed by atoms with van der Waals surface area (Å²) in [5.74, 6) is 0.0789. The van der Waals surface area contributed by atoms with Crippen LogP contribution in [0, 0.1) is 0 Å². The lowest BCUT2D eigenvalue weighted by molar-refractivity contribution is 0.0726. The molecule has 0 unspecified atom stereocenters. The highest BCUT2D eigenvalue weighted by atomic mass is 16.5. The fraction of sp³-hybridized carbons (Fsp3) is 0.120. The molecular formula is C25H21NO4. The lowest BCUT2D eigenvalue weighted by Gasteiger charge is -2.23. The van der Waals surface area contributed by atoms with Crippen molar-refractivity contribution in [3.05, 3.63) is 112 Å². The molecule has 30 heavy (non-hydrogen) atoms. The Kier molecular flexibility index (Phi) is 5.61. The van der Waals surface area contributed by atoms with Gasteiger partial charge in [0.25, 0.3) is 5.91 Å². The highest BCUT2D eigenvalue weighted by Crippen LogP contribution is 2.25. The van der Waals surface area contributed by atoms with Crippen molar-refractivity contribution in [1.29, 1.82) is 0 Å². The third-order valence-electron chi connectivity index (χ3n) is 4.89. The fourth-order valence-electron chi connectivity index (χ4n) is 3.41. The number of methoxy groups -OCH3 is 1. The minimum absolute atomic E-state index is 0.00242. The second-order valence-electron chi connectivity index (χ2n) is 6.96. The molecular weight excluding hydrogens is 378 g/mol. The molecule has 0 saturated carbocycles. The second kappa shape index (κ2) is 8.66. The van der Waals surface area contributed by atoms with Gasteiger partial charge in [0.2, 0.25) is 0 Å². The average Bonchev–Trinajstić information content (AvgIpc) is 2.79. The molecule has 4 rings (SSSR count). The minimum Gasteiger partial charge on any atom is -0.493 e. The van der Waals surface area contributed by atoms with E-state index in [-0.39, 0.29) is 11.5 Å². The van der Waals surface area contributed by atoms with Crippen LogP contribution in [0.2, 0.25) is 0 Å². The molecule has 0 aliphatic rings. The van der Waals surface area contributed by atoms with E-state index >= 15 is 0 Å². The van der Waals surface area contributed by atoms with E-state index in [0.717, 1.165) is 11.1 Å². The summed E-state index contributed by atoms with van der Waals surface area (Å²) in [6.07, 6.45) is 0. The lowest BCUT2D eigenvalue weighted by Crippen LogP contribution is -2.33. The van der Waals surface area contributed by atoms with E-state index in [1.807, 2.05) is 60.7 Å². The zero-order chi connectivity index (χ0) is 20.9. The Morgan fingerprint density at radius 3 is 2.03 bits per heavy atom. The molecule has 0 saturated heterocycles. The van der Waals surface area contributed by atoms with Gasteiger partial charge in [-0.3, -0.25) is 4.79 Å². The molecule has 3 aromatic carbocycles. The first-order valence-corrected chi connectivity index (χ1v) is 9.63. The number of carbonyl (C=O) groups is 1. The van der Waals surface area contributed by atoms with Crippen LogP contribution >= 0.6 is 0 Å². The summed E-state index contributed by atoms with van der Waals surface area (Å²) in [5, 5.41) is 0.636. The summed E-state index contributed by atoms with van der Waals surface area (Å²) in [6.45, 7) is 0.758. The number of rotatable bonds is 6. The summed E-state index contributed by atoms with van der Waals surface area (Å²) in [7, 11) is 1.51.